The number of carbonyl (C=O) groups is 1. The lowest BCUT2D eigenvalue weighted by molar-refractivity contribution is -0.120. The Bertz CT molecular complexity index is 513. The van der Waals surface area contributed by atoms with Crippen LogP contribution in [0.3, 0.4) is 0 Å². The number of rotatable bonds is 4. The van der Waals surface area contributed by atoms with Crippen LogP contribution in [0.4, 0.5) is 5.13 Å². The minimum Gasteiger partial charge on any atom is -0.484 e. The second kappa shape index (κ2) is 5.84. The Morgan fingerprint density at radius 2 is 2.17 bits per heavy atom. The van der Waals surface area contributed by atoms with E-state index in [4.69, 9.17) is 16.3 Å². The summed E-state index contributed by atoms with van der Waals surface area (Å²) in [6, 6.07) is 6.87. The average molecular weight is 283 g/mol. The third-order valence-corrected chi connectivity index (χ3v) is 3.36. The average Bonchev–Trinajstić information content (AvgIpc) is 2.90. The van der Waals surface area contributed by atoms with Gasteiger partial charge in [-0.25, -0.2) is 4.98 Å². The SMILES string of the molecule is CN(C(=O)COc1ccc(Cl)cc1)c1nccs1. The highest BCUT2D eigenvalue weighted by Gasteiger charge is 2.13. The molecular weight excluding hydrogens is 272 g/mol. The van der Waals surface area contributed by atoms with Crippen molar-refractivity contribution in [3.63, 3.8) is 0 Å². The van der Waals surface area contributed by atoms with Gasteiger partial charge in [0.25, 0.3) is 5.91 Å². The van der Waals surface area contributed by atoms with Crippen molar-refractivity contribution in [1.82, 2.24) is 4.98 Å². The summed E-state index contributed by atoms with van der Waals surface area (Å²) in [5.41, 5.74) is 0. The van der Waals surface area contributed by atoms with Crippen LogP contribution in [0.25, 0.3) is 0 Å². The number of likely N-dealkylation sites (N-methyl/N-ethyl adjacent to an activating group) is 1. The topological polar surface area (TPSA) is 42.4 Å². The fourth-order valence-corrected chi connectivity index (χ4v) is 2.01. The highest BCUT2D eigenvalue weighted by molar-refractivity contribution is 7.13. The monoisotopic (exact) mass is 282 g/mol. The van der Waals surface area contributed by atoms with E-state index in [9.17, 15) is 4.79 Å². The summed E-state index contributed by atoms with van der Waals surface area (Å²) in [6.45, 7) is -0.0300. The minimum atomic E-state index is -0.153. The third-order valence-electron chi connectivity index (χ3n) is 2.26. The van der Waals surface area contributed by atoms with Crippen molar-refractivity contribution in [2.45, 2.75) is 0 Å². The van der Waals surface area contributed by atoms with Crippen LogP contribution in [0.2, 0.25) is 5.02 Å². The van der Waals surface area contributed by atoms with Crippen molar-refractivity contribution in [3.8, 4) is 5.75 Å². The predicted molar refractivity (Wildman–Crippen MR) is 72.5 cm³/mol. The first-order valence-corrected chi connectivity index (χ1v) is 6.47. The van der Waals surface area contributed by atoms with Gasteiger partial charge >= 0.3 is 0 Å². The number of thiazole rings is 1. The van der Waals surface area contributed by atoms with Crippen molar-refractivity contribution < 1.29 is 9.53 Å². The van der Waals surface area contributed by atoms with Crippen molar-refractivity contribution >= 4 is 34.0 Å². The molecule has 1 aromatic carbocycles. The molecule has 0 aliphatic rings. The van der Waals surface area contributed by atoms with Gasteiger partial charge in [-0.15, -0.1) is 11.3 Å². The van der Waals surface area contributed by atoms with Gasteiger partial charge in [-0.2, -0.15) is 0 Å². The van der Waals surface area contributed by atoms with Crippen molar-refractivity contribution in [1.29, 1.82) is 0 Å². The summed E-state index contributed by atoms with van der Waals surface area (Å²) >= 11 is 7.16. The fourth-order valence-electron chi connectivity index (χ4n) is 1.26. The van der Waals surface area contributed by atoms with Gasteiger partial charge in [-0.1, -0.05) is 11.6 Å². The molecule has 1 heterocycles. The maximum absolute atomic E-state index is 11.8. The molecule has 18 heavy (non-hydrogen) atoms. The van der Waals surface area contributed by atoms with Crippen LogP contribution in [0, 0.1) is 0 Å². The van der Waals surface area contributed by atoms with Crippen LogP contribution in [0.5, 0.6) is 5.75 Å². The largest absolute Gasteiger partial charge is 0.484 e. The first-order chi connectivity index (χ1) is 8.66. The zero-order chi connectivity index (χ0) is 13.0. The van der Waals surface area contributed by atoms with Gasteiger partial charge in [-0.05, 0) is 24.3 Å². The molecule has 0 aliphatic heterocycles. The number of amides is 1. The highest BCUT2D eigenvalue weighted by Crippen LogP contribution is 2.17. The van der Waals surface area contributed by atoms with E-state index in [1.54, 1.807) is 37.5 Å². The van der Waals surface area contributed by atoms with Crippen LogP contribution in [-0.2, 0) is 4.79 Å². The van der Waals surface area contributed by atoms with E-state index in [0.717, 1.165) is 0 Å². The number of ether oxygens (including phenoxy) is 1. The lowest BCUT2D eigenvalue weighted by Crippen LogP contribution is -2.31. The van der Waals surface area contributed by atoms with Crippen LogP contribution >= 0.6 is 22.9 Å². The van der Waals surface area contributed by atoms with Crippen LogP contribution in [0.1, 0.15) is 0 Å². The van der Waals surface area contributed by atoms with E-state index >= 15 is 0 Å². The standard InChI is InChI=1S/C12H11ClN2O2S/c1-15(12-14-6-7-18-12)11(16)8-17-10-4-2-9(13)3-5-10/h2-7H,8H2,1H3. The molecule has 94 valence electrons. The Morgan fingerprint density at radius 1 is 1.44 bits per heavy atom. The maximum atomic E-state index is 11.8. The predicted octanol–water partition coefficient (Wildman–Crippen LogP) is 2.84. The molecule has 0 N–H and O–H groups in total. The van der Waals surface area contributed by atoms with Gasteiger partial charge in [0, 0.05) is 23.6 Å². The number of halogens is 1. The quantitative estimate of drug-likeness (QED) is 0.866. The molecule has 2 rings (SSSR count). The number of nitrogens with zero attached hydrogens (tertiary/aromatic N) is 2. The van der Waals surface area contributed by atoms with E-state index in [1.807, 2.05) is 5.38 Å². The van der Waals surface area contributed by atoms with Gasteiger partial charge in [0.1, 0.15) is 5.75 Å². The van der Waals surface area contributed by atoms with Gasteiger partial charge in [0.2, 0.25) is 0 Å². The number of benzene rings is 1. The van der Waals surface area contributed by atoms with Crippen molar-refractivity contribution in [2.24, 2.45) is 0 Å². The summed E-state index contributed by atoms with van der Waals surface area (Å²) < 4.78 is 5.37. The fraction of sp³-hybridized carbons (Fsp3) is 0.167. The number of carbonyl (C=O) groups excluding carboxylic acids is 1. The van der Waals surface area contributed by atoms with Gasteiger partial charge in [0.15, 0.2) is 11.7 Å². The maximum Gasteiger partial charge on any atom is 0.266 e. The first-order valence-electron chi connectivity index (χ1n) is 5.21. The van der Waals surface area contributed by atoms with Crippen molar-refractivity contribution in [3.05, 3.63) is 40.9 Å². The summed E-state index contributed by atoms with van der Waals surface area (Å²) in [5.74, 6) is 0.459. The second-order valence-corrected chi connectivity index (χ2v) is 4.82. The number of hydrogen-bond acceptors (Lipinski definition) is 4. The molecule has 1 amide bonds. The van der Waals surface area contributed by atoms with E-state index in [2.05, 4.69) is 4.98 Å². The van der Waals surface area contributed by atoms with E-state index < -0.39 is 0 Å². The lowest BCUT2D eigenvalue weighted by Gasteiger charge is -2.14. The molecule has 6 heteroatoms. The number of hydrogen-bond donors (Lipinski definition) is 0. The van der Waals surface area contributed by atoms with Crippen LogP contribution < -0.4 is 9.64 Å². The van der Waals surface area contributed by atoms with E-state index in [0.29, 0.717) is 15.9 Å². The summed E-state index contributed by atoms with van der Waals surface area (Å²) in [7, 11) is 1.67. The Kier molecular flexibility index (Phi) is 4.17. The number of aromatic nitrogens is 1. The first kappa shape index (κ1) is 12.9. The smallest absolute Gasteiger partial charge is 0.266 e. The highest BCUT2D eigenvalue weighted by atomic mass is 35.5. The molecule has 0 unspecified atom stereocenters. The molecule has 0 radical (unpaired) electrons. The Labute approximate surface area is 114 Å². The lowest BCUT2D eigenvalue weighted by atomic mass is 10.3. The Morgan fingerprint density at radius 3 is 2.78 bits per heavy atom. The van der Waals surface area contributed by atoms with Crippen molar-refractivity contribution in [2.75, 3.05) is 18.6 Å². The molecule has 0 bridgehead atoms. The Balaban J connectivity index is 1.90. The van der Waals surface area contributed by atoms with E-state index in [-0.39, 0.29) is 12.5 Å². The molecule has 0 spiro atoms. The van der Waals surface area contributed by atoms with Gasteiger partial charge < -0.3 is 4.74 Å². The molecule has 0 saturated heterocycles. The van der Waals surface area contributed by atoms with Crippen LogP contribution in [0.15, 0.2) is 35.8 Å². The molecule has 0 fully saturated rings. The molecule has 2 aromatic rings. The molecular formula is C12H11ClN2O2S. The molecule has 0 aliphatic carbocycles. The summed E-state index contributed by atoms with van der Waals surface area (Å²) in [4.78, 5) is 17.4. The third kappa shape index (κ3) is 3.21. The van der Waals surface area contributed by atoms with Gasteiger partial charge in [0.05, 0.1) is 0 Å². The summed E-state index contributed by atoms with van der Waals surface area (Å²) in [5, 5.41) is 3.10. The zero-order valence-corrected chi connectivity index (χ0v) is 11.2. The molecule has 0 atom stereocenters. The Hall–Kier alpha value is -1.59. The molecule has 4 nitrogen and oxygen atoms in total. The van der Waals surface area contributed by atoms with E-state index in [1.165, 1.54) is 16.2 Å². The second-order valence-electron chi connectivity index (χ2n) is 3.51. The molecule has 1 aromatic heterocycles. The number of anilines is 1. The normalized spacial score (nSPS) is 10.1. The molecule has 0 saturated carbocycles. The summed E-state index contributed by atoms with van der Waals surface area (Å²) in [6.07, 6.45) is 1.66. The zero-order valence-electron chi connectivity index (χ0n) is 9.67. The van der Waals surface area contributed by atoms with Crippen LogP contribution in [-0.4, -0.2) is 24.5 Å². The minimum absolute atomic E-state index is 0.0300. The van der Waals surface area contributed by atoms with Gasteiger partial charge in [-0.3, -0.25) is 9.69 Å².